The van der Waals surface area contributed by atoms with E-state index in [2.05, 4.69) is 33.9 Å². The minimum absolute atomic E-state index is 0.00463. The molecule has 16 nitrogen and oxygen atoms in total. The second-order valence-electron chi connectivity index (χ2n) is 24.7. The number of carbonyl (C=O) groups is 5. The average Bonchev–Trinajstić information content (AvgIpc) is 3.39. The Morgan fingerprint density at radius 1 is 0.833 bits per heavy atom. The Labute approximate surface area is 468 Å². The number of aliphatic hydroxyl groups excluding tert-OH is 1. The maximum atomic E-state index is 14.7. The van der Waals surface area contributed by atoms with Gasteiger partial charge in [0.25, 0.3) is 11.7 Å². The quantitative estimate of drug-likeness (QED) is 0.0547. The van der Waals surface area contributed by atoms with Gasteiger partial charge in [0.15, 0.2) is 14.1 Å². The summed E-state index contributed by atoms with van der Waals surface area (Å²) in [4.78, 5) is 73.3. The molecule has 4 aliphatic rings. The molecule has 17 heteroatoms. The second-order valence-corrected chi connectivity index (χ2v) is 29.4. The van der Waals surface area contributed by atoms with Crippen LogP contribution in [-0.4, -0.2) is 162 Å². The number of aliphatic hydroxyl groups is 2. The van der Waals surface area contributed by atoms with Gasteiger partial charge >= 0.3 is 5.97 Å². The molecule has 3 fully saturated rings. The molecule has 78 heavy (non-hydrogen) atoms. The van der Waals surface area contributed by atoms with Crippen LogP contribution in [0.5, 0.6) is 0 Å². The number of carbonyl (C=O) groups excluding carboxylic acids is 5. The molecule has 0 aromatic rings. The summed E-state index contributed by atoms with van der Waals surface area (Å²) in [5, 5.41) is 23.9. The van der Waals surface area contributed by atoms with Gasteiger partial charge in [-0.3, -0.25) is 19.2 Å². The molecule has 0 aromatic carbocycles. The summed E-state index contributed by atoms with van der Waals surface area (Å²) in [6.07, 6.45) is 12.2. The Balaban J connectivity index is 1.71. The normalized spacial score (nSPS) is 35.1. The molecule has 2 bridgehead atoms. The molecule has 2 unspecified atom stereocenters. The number of Topliss-reactive ketones (excluding diaryl/α,β-unsaturated/α-hetero) is 3. The highest BCUT2D eigenvalue weighted by atomic mass is 28.4. The molecule has 3 aliphatic heterocycles. The minimum atomic E-state index is -2.47. The minimum Gasteiger partial charge on any atom is -0.460 e. The van der Waals surface area contributed by atoms with E-state index in [1.807, 2.05) is 58.1 Å². The standard InChI is InChI=1S/C61H101NO15Si/c1-39-21-17-16-18-22-40(2)51(74-32-31-73-30-29-70-11)37-47-26-24-45(7)61(69,76-47)57(66)58(67)62-28-20-19-23-48(62)59(68)75-52(38-49(63)41(3)34-44(6)55(65)56(72-13)54(64)43(5)33-39)42(4)35-46-25-27-50(53(36-46)71-12)77-78(14,15)60(8,9)10/h16-18,21-22,34,39,41-43,45-48,50-53,55-56,65,69H,19-20,23-33,35-38H2,1-15H3/b18-16?,21-17+,40-22?,44-34+/t39-,41-,42-,43-,45-,46+,47+,48+,50?,51?,52+,53-,55-,56+,61-/m1/s1. The van der Waals surface area contributed by atoms with Crippen molar-refractivity contribution < 1.29 is 71.8 Å². The van der Waals surface area contributed by atoms with E-state index in [9.17, 15) is 34.2 Å². The lowest BCUT2D eigenvalue weighted by molar-refractivity contribution is -0.266. The molecule has 4 rings (SSSR count). The predicted octanol–water partition coefficient (Wildman–Crippen LogP) is 9.24. The van der Waals surface area contributed by atoms with Gasteiger partial charge in [0.1, 0.15) is 30.1 Å². The highest BCUT2D eigenvalue weighted by Gasteiger charge is 2.53. The van der Waals surface area contributed by atoms with Crippen LogP contribution in [0.1, 0.15) is 146 Å². The predicted molar refractivity (Wildman–Crippen MR) is 303 cm³/mol. The number of ketones is 3. The average molecular weight is 1120 g/mol. The molecule has 0 spiro atoms. The first kappa shape index (κ1) is 67.3. The third-order valence-corrected chi connectivity index (χ3v) is 21.9. The molecule has 0 radical (unpaired) electrons. The summed E-state index contributed by atoms with van der Waals surface area (Å²) < 4.78 is 48.5. The topological polar surface area (TPSA) is 203 Å². The number of ether oxygens (including phenoxy) is 7. The lowest BCUT2D eigenvalue weighted by Gasteiger charge is -2.44. The van der Waals surface area contributed by atoms with E-state index in [0.29, 0.717) is 63.9 Å². The smallest absolute Gasteiger partial charge is 0.329 e. The summed E-state index contributed by atoms with van der Waals surface area (Å²) in [5.41, 5.74) is 1.25. The van der Waals surface area contributed by atoms with Crippen LogP contribution in [0.15, 0.2) is 47.6 Å². The van der Waals surface area contributed by atoms with Gasteiger partial charge in [0.2, 0.25) is 5.79 Å². The number of allylic oxidation sites excluding steroid dienone is 6. The summed E-state index contributed by atoms with van der Waals surface area (Å²) in [7, 11) is 2.61. The molecule has 444 valence electrons. The van der Waals surface area contributed by atoms with Gasteiger partial charge in [-0.2, -0.15) is 0 Å². The van der Waals surface area contributed by atoms with Gasteiger partial charge in [-0.05, 0) is 125 Å². The van der Waals surface area contributed by atoms with E-state index in [1.54, 1.807) is 41.1 Å². The van der Waals surface area contributed by atoms with Crippen LogP contribution < -0.4 is 0 Å². The van der Waals surface area contributed by atoms with E-state index in [1.165, 1.54) is 12.0 Å². The third kappa shape index (κ3) is 18.9. The zero-order chi connectivity index (χ0) is 58.1. The first-order valence-corrected chi connectivity index (χ1v) is 31.9. The molecule has 1 amide bonds. The van der Waals surface area contributed by atoms with E-state index in [4.69, 9.17) is 37.6 Å². The number of rotatable bonds is 14. The Kier molecular flexibility index (Phi) is 27.0. The van der Waals surface area contributed by atoms with Gasteiger partial charge in [0.05, 0.1) is 50.8 Å². The molecule has 2 saturated heterocycles. The van der Waals surface area contributed by atoms with Gasteiger partial charge in [-0.15, -0.1) is 0 Å². The number of hydrogen-bond acceptors (Lipinski definition) is 15. The fourth-order valence-electron chi connectivity index (χ4n) is 11.2. The van der Waals surface area contributed by atoms with Crippen molar-refractivity contribution in [2.75, 3.05) is 54.3 Å². The zero-order valence-electron chi connectivity index (χ0n) is 50.2. The molecule has 1 saturated carbocycles. The number of amides is 1. The Hall–Kier alpha value is -3.23. The van der Waals surface area contributed by atoms with Crippen molar-refractivity contribution >= 4 is 37.5 Å². The van der Waals surface area contributed by atoms with Crippen molar-refractivity contribution in [3.63, 3.8) is 0 Å². The van der Waals surface area contributed by atoms with Crippen molar-refractivity contribution in [3.05, 3.63) is 47.6 Å². The van der Waals surface area contributed by atoms with E-state index >= 15 is 0 Å². The first-order valence-electron chi connectivity index (χ1n) is 29.0. The van der Waals surface area contributed by atoms with Gasteiger partial charge in [0, 0.05) is 58.5 Å². The number of hydrogen-bond donors (Lipinski definition) is 2. The molecular formula is C61H101NO15Si. The van der Waals surface area contributed by atoms with Crippen LogP contribution >= 0.6 is 0 Å². The molecule has 2 N–H and O–H groups in total. The number of methoxy groups -OCH3 is 3. The first-order chi connectivity index (χ1) is 36.7. The summed E-state index contributed by atoms with van der Waals surface area (Å²) in [6, 6.07) is -1.15. The number of piperidine rings is 1. The van der Waals surface area contributed by atoms with Crippen LogP contribution in [0.3, 0.4) is 0 Å². The summed E-state index contributed by atoms with van der Waals surface area (Å²) >= 11 is 0. The maximum absolute atomic E-state index is 14.7. The highest BCUT2D eigenvalue weighted by Crippen LogP contribution is 2.42. The molecule has 1 aliphatic carbocycles. The van der Waals surface area contributed by atoms with Crippen molar-refractivity contribution in [2.45, 2.75) is 219 Å². The molecule has 3 heterocycles. The number of nitrogens with zero attached hydrogens (tertiary/aromatic N) is 1. The van der Waals surface area contributed by atoms with Crippen molar-refractivity contribution in [1.29, 1.82) is 0 Å². The molecule has 15 atom stereocenters. The molecular weight excluding hydrogens is 1010 g/mol. The van der Waals surface area contributed by atoms with E-state index in [0.717, 1.165) is 24.8 Å². The lowest BCUT2D eigenvalue weighted by Crippen LogP contribution is -2.61. The van der Waals surface area contributed by atoms with Crippen LogP contribution in [0.2, 0.25) is 18.1 Å². The van der Waals surface area contributed by atoms with Gasteiger partial charge in [-0.1, -0.05) is 91.8 Å². The molecule has 0 aromatic heterocycles. The summed E-state index contributed by atoms with van der Waals surface area (Å²) in [6.45, 7) is 25.4. The monoisotopic (exact) mass is 1120 g/mol. The lowest BCUT2D eigenvalue weighted by atomic mass is 9.78. The Morgan fingerprint density at radius 3 is 2.21 bits per heavy atom. The number of fused-ring (bicyclic) bond motifs is 3. The Bertz CT molecular complexity index is 2080. The van der Waals surface area contributed by atoms with Crippen LogP contribution in [-0.2, 0) is 61.6 Å². The second kappa shape index (κ2) is 31.3. The maximum Gasteiger partial charge on any atom is 0.329 e. The third-order valence-electron chi connectivity index (χ3n) is 17.4. The number of esters is 1. The van der Waals surface area contributed by atoms with E-state index < -0.39 is 86.1 Å². The van der Waals surface area contributed by atoms with Gasteiger partial charge in [-0.25, -0.2) is 4.79 Å². The fraction of sp³-hybridized carbons (Fsp3) is 0.787. The van der Waals surface area contributed by atoms with E-state index in [-0.39, 0.29) is 79.0 Å². The van der Waals surface area contributed by atoms with Crippen molar-refractivity contribution in [2.24, 2.45) is 35.5 Å². The fourth-order valence-corrected chi connectivity index (χ4v) is 12.6. The number of cyclic esters (lactones) is 1. The van der Waals surface area contributed by atoms with Crippen molar-refractivity contribution in [3.8, 4) is 0 Å². The SMILES string of the molecule is COCCOCCOC1C[C@@H]2CC[C@@H](C)[C@@](O)(O2)C(=O)C(=O)N2CCCC[C@H]2C(=O)O[C@H]([C@H](C)C[C@@H]2CCC(O[Si](C)(C)C(C)(C)C)[C@H](OC)C2)CC(=O)[C@H](C)/C=C(\C)[C@@H](O)[C@@H](OC)C(=O)[C@H](C)C[C@H](C)/C=C/C=CC=C1C. The zero-order valence-corrected chi connectivity index (χ0v) is 51.2. The summed E-state index contributed by atoms with van der Waals surface area (Å²) in [5.74, 6) is -7.99. The van der Waals surface area contributed by atoms with Gasteiger partial charge < -0.3 is 52.7 Å². The van der Waals surface area contributed by atoms with Crippen LogP contribution in [0.25, 0.3) is 0 Å². The largest absolute Gasteiger partial charge is 0.460 e. The highest BCUT2D eigenvalue weighted by molar-refractivity contribution is 6.74. The van der Waals surface area contributed by atoms with Crippen molar-refractivity contribution in [1.82, 2.24) is 4.90 Å². The van der Waals surface area contributed by atoms with Crippen LogP contribution in [0.4, 0.5) is 0 Å². The Morgan fingerprint density at radius 2 is 1.54 bits per heavy atom. The van der Waals surface area contributed by atoms with Crippen LogP contribution in [0, 0.1) is 35.5 Å².